The Kier molecular flexibility index (Phi) is 12.3. The van der Waals surface area contributed by atoms with Crippen LogP contribution in [0.4, 0.5) is 0 Å². The van der Waals surface area contributed by atoms with Crippen molar-refractivity contribution in [3.63, 3.8) is 0 Å². The predicted octanol–water partition coefficient (Wildman–Crippen LogP) is 1.40. The van der Waals surface area contributed by atoms with Gasteiger partial charge in [-0.2, -0.15) is 0 Å². The Labute approximate surface area is 84.4 Å². The molecule has 0 saturated carbocycles. The molecule has 0 aliphatic heterocycles. The van der Waals surface area contributed by atoms with Gasteiger partial charge in [-0.1, -0.05) is 19.8 Å². The minimum atomic E-state index is -0.0973. The molecule has 1 atom stereocenters. The van der Waals surface area contributed by atoms with Gasteiger partial charge in [-0.25, -0.2) is 0 Å². The zero-order valence-corrected chi connectivity index (χ0v) is 8.06. The Bertz CT molecular complexity index is 44.7. The summed E-state index contributed by atoms with van der Waals surface area (Å²) in [6.07, 6.45) is 3.19. The fourth-order valence-electron chi connectivity index (χ4n) is 0.500. The molecule has 0 aromatic heterocycles. The van der Waals surface area contributed by atoms with Gasteiger partial charge in [0.25, 0.3) is 0 Å². The Morgan fingerprint density at radius 3 is 2.25 bits per heavy atom. The Balaban J connectivity index is -0.0000000600. The topological polar surface area (TPSA) is 20.2 Å². The monoisotopic (exact) mass is 144 g/mol. The summed E-state index contributed by atoms with van der Waals surface area (Å²) < 4.78 is 0. The maximum absolute atomic E-state index is 8.68. The first-order valence-corrected chi connectivity index (χ1v) is 2.95. The van der Waals surface area contributed by atoms with Crippen LogP contribution in [0.3, 0.4) is 0 Å². The van der Waals surface area contributed by atoms with Crippen molar-refractivity contribution in [2.24, 2.45) is 0 Å². The second kappa shape index (κ2) is 8.22. The van der Waals surface area contributed by atoms with Crippen molar-refractivity contribution in [1.29, 1.82) is 0 Å². The summed E-state index contributed by atoms with van der Waals surface area (Å²) in [6, 6.07) is 0. The van der Waals surface area contributed by atoms with E-state index in [0.29, 0.717) is 0 Å². The summed E-state index contributed by atoms with van der Waals surface area (Å²) in [4.78, 5) is 0. The van der Waals surface area contributed by atoms with Crippen LogP contribution in [0.15, 0.2) is 0 Å². The van der Waals surface area contributed by atoms with Crippen LogP contribution in [-0.4, -0.2) is 48.9 Å². The molecule has 0 aromatic carbocycles. The van der Waals surface area contributed by atoms with E-state index in [1.807, 2.05) is 6.92 Å². The maximum Gasteiger partial charge on any atom is 2.00 e. The van der Waals surface area contributed by atoms with Gasteiger partial charge in [0.05, 0.1) is 6.10 Å². The number of aliphatic hydroxyl groups excluding tert-OH is 1. The molecule has 0 aliphatic rings. The third-order valence-electron chi connectivity index (χ3n) is 0.975. The van der Waals surface area contributed by atoms with Crippen LogP contribution in [0.1, 0.15) is 36.0 Å². The first-order chi connectivity index (χ1) is 3.27. The normalized spacial score (nSPS) is 12.4. The van der Waals surface area contributed by atoms with Gasteiger partial charge in [0.2, 0.25) is 0 Å². The largest absolute Gasteiger partial charge is 2.00 e. The van der Waals surface area contributed by atoms with Crippen LogP contribution < -0.4 is 0 Å². The molecule has 48 valence electrons. The Hall–Kier alpha value is 1.22. The molecule has 1 nitrogen and oxygen atoms in total. The zero-order chi connectivity index (χ0) is 5.70. The summed E-state index contributed by atoms with van der Waals surface area (Å²) >= 11 is 0. The van der Waals surface area contributed by atoms with Crippen molar-refractivity contribution in [2.45, 2.75) is 39.2 Å². The van der Waals surface area contributed by atoms with E-state index < -0.39 is 0 Å². The van der Waals surface area contributed by atoms with E-state index in [1.54, 1.807) is 0 Å². The zero-order valence-electron chi connectivity index (χ0n) is 7.85. The molecule has 0 bridgehead atoms. The molecule has 2 heteroatoms. The molecular formula is C6H16CaO. The molecule has 1 N–H and O–H groups in total. The summed E-state index contributed by atoms with van der Waals surface area (Å²) in [5.74, 6) is 0. The fourth-order valence-corrected chi connectivity index (χ4v) is 0.500. The average Bonchev–Trinajstić information content (AvgIpc) is 1.61. The van der Waals surface area contributed by atoms with Gasteiger partial charge in [0.1, 0.15) is 0 Å². The molecule has 8 heavy (non-hydrogen) atoms. The van der Waals surface area contributed by atoms with Crippen molar-refractivity contribution >= 4 is 37.7 Å². The van der Waals surface area contributed by atoms with Gasteiger partial charge in [-0.05, 0) is 13.3 Å². The Morgan fingerprint density at radius 2 is 2.12 bits per heavy atom. The van der Waals surface area contributed by atoms with Crippen molar-refractivity contribution in [3.05, 3.63) is 0 Å². The van der Waals surface area contributed by atoms with Gasteiger partial charge in [-0.3, -0.25) is 0 Å². The molecule has 0 saturated heterocycles. The molecular weight excluding hydrogens is 128 g/mol. The minimum absolute atomic E-state index is 0. The second-order valence-electron chi connectivity index (χ2n) is 1.99. The summed E-state index contributed by atoms with van der Waals surface area (Å²) in [6.45, 7) is 3.96. The molecule has 0 rings (SSSR count). The number of unbranched alkanes of at least 4 members (excludes halogenated alkanes) is 1. The number of rotatable bonds is 3. The quantitative estimate of drug-likeness (QED) is 0.594. The first kappa shape index (κ1) is 12.0. The van der Waals surface area contributed by atoms with Crippen LogP contribution >= 0.6 is 0 Å². The SMILES string of the molecule is CCCCC(C)O.[Ca+2].[H-].[H-]. The predicted molar refractivity (Wildman–Crippen MR) is 39.2 cm³/mol. The second-order valence-corrected chi connectivity index (χ2v) is 1.99. The number of hydrogen-bond acceptors (Lipinski definition) is 1. The molecule has 0 amide bonds. The number of hydrogen-bond donors (Lipinski definition) is 1. The third-order valence-corrected chi connectivity index (χ3v) is 0.975. The van der Waals surface area contributed by atoms with Crippen LogP contribution in [0.5, 0.6) is 0 Å². The van der Waals surface area contributed by atoms with E-state index in [2.05, 4.69) is 6.92 Å². The first-order valence-electron chi connectivity index (χ1n) is 2.95. The van der Waals surface area contributed by atoms with Gasteiger partial charge in [0, 0.05) is 0 Å². The van der Waals surface area contributed by atoms with E-state index in [-0.39, 0.29) is 46.7 Å². The summed E-state index contributed by atoms with van der Waals surface area (Å²) in [5, 5.41) is 8.68. The van der Waals surface area contributed by atoms with Crippen LogP contribution in [-0.2, 0) is 0 Å². The van der Waals surface area contributed by atoms with E-state index in [9.17, 15) is 0 Å². The third kappa shape index (κ3) is 10.3. The smallest absolute Gasteiger partial charge is 1.00 e. The van der Waals surface area contributed by atoms with E-state index in [0.717, 1.165) is 12.8 Å². The maximum atomic E-state index is 8.68. The van der Waals surface area contributed by atoms with Crippen LogP contribution in [0.25, 0.3) is 0 Å². The van der Waals surface area contributed by atoms with Crippen molar-refractivity contribution in [1.82, 2.24) is 0 Å². The Morgan fingerprint density at radius 1 is 1.62 bits per heavy atom. The molecule has 0 aromatic rings. The van der Waals surface area contributed by atoms with E-state index in [4.69, 9.17) is 5.11 Å². The van der Waals surface area contributed by atoms with Gasteiger partial charge in [0.15, 0.2) is 0 Å². The van der Waals surface area contributed by atoms with Gasteiger partial charge >= 0.3 is 37.7 Å². The van der Waals surface area contributed by atoms with E-state index >= 15 is 0 Å². The molecule has 0 radical (unpaired) electrons. The average molecular weight is 144 g/mol. The van der Waals surface area contributed by atoms with E-state index in [1.165, 1.54) is 6.42 Å². The standard InChI is InChI=1S/C6H14O.Ca.2H/c1-3-4-5-6(2)7;;;/h6-7H,3-5H2,1-2H3;;;/q;+2;2*-1. The number of aliphatic hydroxyl groups is 1. The molecule has 0 spiro atoms. The minimum Gasteiger partial charge on any atom is -1.00 e. The van der Waals surface area contributed by atoms with Crippen LogP contribution in [0, 0.1) is 0 Å². The van der Waals surface area contributed by atoms with Crippen molar-refractivity contribution < 1.29 is 7.96 Å². The molecule has 1 unspecified atom stereocenters. The van der Waals surface area contributed by atoms with Gasteiger partial charge in [-0.15, -0.1) is 0 Å². The molecule has 0 heterocycles. The molecule has 0 fully saturated rings. The van der Waals surface area contributed by atoms with Gasteiger partial charge < -0.3 is 7.96 Å². The van der Waals surface area contributed by atoms with Crippen molar-refractivity contribution in [2.75, 3.05) is 0 Å². The summed E-state index contributed by atoms with van der Waals surface area (Å²) in [7, 11) is 0. The molecule has 0 aliphatic carbocycles. The summed E-state index contributed by atoms with van der Waals surface area (Å²) in [5.41, 5.74) is 0. The fraction of sp³-hybridized carbons (Fsp3) is 1.00. The van der Waals surface area contributed by atoms with Crippen LogP contribution in [0.2, 0.25) is 0 Å². The van der Waals surface area contributed by atoms with Crippen molar-refractivity contribution in [3.8, 4) is 0 Å².